The van der Waals surface area contributed by atoms with Crippen molar-refractivity contribution in [2.45, 2.75) is 19.4 Å². The molecule has 2 heterocycles. The molecule has 0 saturated carbocycles. The highest BCUT2D eigenvalue weighted by molar-refractivity contribution is 5.78. The number of rotatable bonds is 4. The minimum absolute atomic E-state index is 0.124. The molecular formula is C8H11N7O. The molecular weight excluding hydrogens is 210 g/mol. The molecule has 0 fully saturated rings. The predicted molar refractivity (Wildman–Crippen MR) is 53.0 cm³/mol. The second-order valence-corrected chi connectivity index (χ2v) is 3.32. The Morgan fingerprint density at radius 2 is 2.50 bits per heavy atom. The van der Waals surface area contributed by atoms with Crippen molar-refractivity contribution in [1.82, 2.24) is 36.1 Å². The maximum atomic E-state index is 11.6. The zero-order valence-electron chi connectivity index (χ0n) is 8.64. The summed E-state index contributed by atoms with van der Waals surface area (Å²) in [5.41, 5.74) is 0.762. The average molecular weight is 221 g/mol. The second kappa shape index (κ2) is 4.51. The van der Waals surface area contributed by atoms with Crippen LogP contribution in [0.3, 0.4) is 0 Å². The van der Waals surface area contributed by atoms with Crippen LogP contribution in [0.1, 0.15) is 24.5 Å². The Morgan fingerprint density at radius 1 is 1.62 bits per heavy atom. The van der Waals surface area contributed by atoms with Crippen molar-refractivity contribution >= 4 is 5.91 Å². The molecule has 1 unspecified atom stereocenters. The maximum Gasteiger partial charge on any atom is 0.226 e. The Hall–Kier alpha value is -2.25. The van der Waals surface area contributed by atoms with Crippen LogP contribution in [0.25, 0.3) is 0 Å². The molecule has 0 bridgehead atoms. The van der Waals surface area contributed by atoms with Gasteiger partial charge in [0.1, 0.15) is 0 Å². The van der Waals surface area contributed by atoms with E-state index in [-0.39, 0.29) is 18.4 Å². The van der Waals surface area contributed by atoms with Gasteiger partial charge in [0.15, 0.2) is 5.82 Å². The molecule has 0 saturated heterocycles. The van der Waals surface area contributed by atoms with Gasteiger partial charge < -0.3 is 5.32 Å². The SMILES string of the molecule is CC(NC(=O)Cc1ccn[nH]1)c1nn[nH]n1. The van der Waals surface area contributed by atoms with E-state index in [1.807, 2.05) is 0 Å². The number of hydrogen-bond acceptors (Lipinski definition) is 5. The van der Waals surface area contributed by atoms with Crippen molar-refractivity contribution in [2.75, 3.05) is 0 Å². The molecule has 3 N–H and O–H groups in total. The number of aromatic amines is 2. The number of carbonyl (C=O) groups excluding carboxylic acids is 1. The van der Waals surface area contributed by atoms with E-state index in [1.165, 1.54) is 0 Å². The lowest BCUT2D eigenvalue weighted by Gasteiger charge is -2.08. The van der Waals surface area contributed by atoms with Crippen LogP contribution in [0.5, 0.6) is 0 Å². The first-order valence-corrected chi connectivity index (χ1v) is 4.76. The zero-order valence-corrected chi connectivity index (χ0v) is 8.64. The van der Waals surface area contributed by atoms with Gasteiger partial charge in [-0.2, -0.15) is 10.3 Å². The molecule has 0 aliphatic heterocycles. The first-order chi connectivity index (χ1) is 7.75. The Balaban J connectivity index is 1.88. The van der Waals surface area contributed by atoms with Crippen molar-refractivity contribution in [1.29, 1.82) is 0 Å². The maximum absolute atomic E-state index is 11.6. The van der Waals surface area contributed by atoms with Crippen LogP contribution in [-0.4, -0.2) is 36.7 Å². The van der Waals surface area contributed by atoms with Crippen LogP contribution in [-0.2, 0) is 11.2 Å². The van der Waals surface area contributed by atoms with Gasteiger partial charge in [0.2, 0.25) is 5.91 Å². The van der Waals surface area contributed by atoms with Crippen LogP contribution in [0, 0.1) is 0 Å². The van der Waals surface area contributed by atoms with Gasteiger partial charge in [0.25, 0.3) is 0 Å². The fraction of sp³-hybridized carbons (Fsp3) is 0.375. The van der Waals surface area contributed by atoms with E-state index in [2.05, 4.69) is 36.1 Å². The molecule has 2 rings (SSSR count). The first kappa shape index (κ1) is 10.3. The zero-order chi connectivity index (χ0) is 11.4. The minimum Gasteiger partial charge on any atom is -0.346 e. The lowest BCUT2D eigenvalue weighted by atomic mass is 10.2. The minimum atomic E-state index is -0.269. The predicted octanol–water partition coefficient (Wildman–Crippen LogP) is -0.657. The second-order valence-electron chi connectivity index (χ2n) is 3.32. The monoisotopic (exact) mass is 221 g/mol. The van der Waals surface area contributed by atoms with Crippen molar-refractivity contribution in [3.05, 3.63) is 23.8 Å². The van der Waals surface area contributed by atoms with E-state index in [4.69, 9.17) is 0 Å². The van der Waals surface area contributed by atoms with Crippen LogP contribution in [0.15, 0.2) is 12.3 Å². The number of nitrogens with one attached hydrogen (secondary N) is 3. The summed E-state index contributed by atoms with van der Waals surface area (Å²) in [4.78, 5) is 11.6. The van der Waals surface area contributed by atoms with Gasteiger partial charge in [-0.3, -0.25) is 9.89 Å². The van der Waals surface area contributed by atoms with E-state index in [0.29, 0.717) is 5.82 Å². The summed E-state index contributed by atoms with van der Waals surface area (Å²) in [6.07, 6.45) is 1.85. The largest absolute Gasteiger partial charge is 0.346 e. The molecule has 16 heavy (non-hydrogen) atoms. The van der Waals surface area contributed by atoms with Gasteiger partial charge in [0, 0.05) is 11.9 Å². The van der Waals surface area contributed by atoms with Gasteiger partial charge in [-0.15, -0.1) is 10.2 Å². The summed E-state index contributed by atoms with van der Waals surface area (Å²) >= 11 is 0. The molecule has 0 aliphatic rings. The highest BCUT2D eigenvalue weighted by atomic mass is 16.1. The third-order valence-electron chi connectivity index (χ3n) is 2.04. The number of nitrogens with zero attached hydrogens (tertiary/aromatic N) is 4. The summed E-state index contributed by atoms with van der Waals surface area (Å²) in [5, 5.41) is 22.5. The summed E-state index contributed by atoms with van der Waals surface area (Å²) in [6, 6.07) is 1.48. The molecule has 0 aromatic carbocycles. The third kappa shape index (κ3) is 2.41. The van der Waals surface area contributed by atoms with Gasteiger partial charge >= 0.3 is 0 Å². The quantitative estimate of drug-likeness (QED) is 0.634. The molecule has 1 amide bonds. The smallest absolute Gasteiger partial charge is 0.226 e. The number of aromatic nitrogens is 6. The molecule has 84 valence electrons. The fourth-order valence-electron chi connectivity index (χ4n) is 1.27. The van der Waals surface area contributed by atoms with Crippen molar-refractivity contribution < 1.29 is 4.79 Å². The summed E-state index contributed by atoms with van der Waals surface area (Å²) in [5.74, 6) is 0.333. The number of tetrazole rings is 1. The van der Waals surface area contributed by atoms with Crippen LogP contribution < -0.4 is 5.32 Å². The third-order valence-corrected chi connectivity index (χ3v) is 2.04. The first-order valence-electron chi connectivity index (χ1n) is 4.76. The number of hydrogen-bond donors (Lipinski definition) is 3. The number of carbonyl (C=O) groups is 1. The van der Waals surface area contributed by atoms with Crippen LogP contribution >= 0.6 is 0 Å². The van der Waals surface area contributed by atoms with E-state index in [9.17, 15) is 4.79 Å². The Kier molecular flexibility index (Phi) is 2.90. The van der Waals surface area contributed by atoms with Crippen molar-refractivity contribution in [3.8, 4) is 0 Å². The van der Waals surface area contributed by atoms with Crippen LogP contribution in [0.2, 0.25) is 0 Å². The molecule has 1 atom stereocenters. The molecule has 2 aromatic rings. The Bertz CT molecular complexity index is 435. The van der Waals surface area contributed by atoms with E-state index in [0.717, 1.165) is 5.69 Å². The lowest BCUT2D eigenvalue weighted by Crippen LogP contribution is -2.28. The van der Waals surface area contributed by atoms with Crippen LogP contribution in [0.4, 0.5) is 0 Å². The van der Waals surface area contributed by atoms with E-state index in [1.54, 1.807) is 19.2 Å². The summed E-state index contributed by atoms with van der Waals surface area (Å²) in [7, 11) is 0. The van der Waals surface area contributed by atoms with Gasteiger partial charge in [-0.05, 0) is 13.0 Å². The molecule has 8 heteroatoms. The highest BCUT2D eigenvalue weighted by Gasteiger charge is 2.13. The molecule has 0 radical (unpaired) electrons. The Labute approximate surface area is 90.8 Å². The normalized spacial score (nSPS) is 12.3. The van der Waals surface area contributed by atoms with E-state index >= 15 is 0 Å². The number of H-pyrrole nitrogens is 2. The standard InChI is InChI=1S/C8H11N7O/c1-5(8-12-14-15-13-8)10-7(16)4-6-2-3-9-11-6/h2-3,5H,4H2,1H3,(H,9,11)(H,10,16)(H,12,13,14,15). The highest BCUT2D eigenvalue weighted by Crippen LogP contribution is 2.03. The Morgan fingerprint density at radius 3 is 3.12 bits per heavy atom. The number of amides is 1. The molecule has 8 nitrogen and oxygen atoms in total. The molecule has 0 aliphatic carbocycles. The summed E-state index contributed by atoms with van der Waals surface area (Å²) in [6.45, 7) is 1.79. The van der Waals surface area contributed by atoms with E-state index < -0.39 is 0 Å². The van der Waals surface area contributed by atoms with Gasteiger partial charge in [-0.1, -0.05) is 5.21 Å². The van der Waals surface area contributed by atoms with Gasteiger partial charge in [-0.25, -0.2) is 0 Å². The fourth-order valence-corrected chi connectivity index (χ4v) is 1.27. The topological polar surface area (TPSA) is 112 Å². The van der Waals surface area contributed by atoms with Crippen molar-refractivity contribution in [2.24, 2.45) is 0 Å². The lowest BCUT2D eigenvalue weighted by molar-refractivity contribution is -0.121. The molecule has 0 spiro atoms. The van der Waals surface area contributed by atoms with Crippen molar-refractivity contribution in [3.63, 3.8) is 0 Å². The van der Waals surface area contributed by atoms with Gasteiger partial charge in [0.05, 0.1) is 12.5 Å². The average Bonchev–Trinajstić information content (AvgIpc) is 2.88. The summed E-state index contributed by atoms with van der Waals surface area (Å²) < 4.78 is 0. The molecule has 2 aromatic heterocycles.